The summed E-state index contributed by atoms with van der Waals surface area (Å²) in [6, 6.07) is 5.50. The van der Waals surface area contributed by atoms with Gasteiger partial charge in [-0.1, -0.05) is 18.2 Å². The zero-order valence-corrected chi connectivity index (χ0v) is 8.24. The Balaban J connectivity index is 2.49. The zero-order valence-electron chi connectivity index (χ0n) is 8.24. The molecule has 1 aromatic carbocycles. The van der Waals surface area contributed by atoms with Crippen LogP contribution in [0, 0.1) is 6.57 Å². The first-order valence-electron chi connectivity index (χ1n) is 4.50. The third-order valence-corrected chi connectivity index (χ3v) is 2.16. The lowest BCUT2D eigenvalue weighted by molar-refractivity contribution is 0.159. The van der Waals surface area contributed by atoms with Gasteiger partial charge in [-0.15, -0.1) is 0 Å². The molecule has 0 radical (unpaired) electrons. The van der Waals surface area contributed by atoms with Gasteiger partial charge < -0.3 is 4.74 Å². The van der Waals surface area contributed by atoms with E-state index in [0.717, 1.165) is 11.3 Å². The number of ether oxygens (including phenoxy) is 1. The molecule has 0 aromatic heterocycles. The predicted octanol–water partition coefficient (Wildman–Crippen LogP) is 3.42. The average molecular weight is 185 g/mol. The normalized spacial score (nSPS) is 16.6. The van der Waals surface area contributed by atoms with Crippen molar-refractivity contribution in [3.05, 3.63) is 41.3 Å². The van der Waals surface area contributed by atoms with Gasteiger partial charge in [0.15, 0.2) is 5.69 Å². The quantitative estimate of drug-likeness (QED) is 0.564. The standard InChI is InChI=1S/C12H11NO/c1-12(2)7-6-9-4-5-10(13-3)8-11(9)14-12/h4-8H,1-2H3. The Labute approximate surface area is 83.6 Å². The van der Waals surface area contributed by atoms with Gasteiger partial charge in [0.05, 0.1) is 6.57 Å². The van der Waals surface area contributed by atoms with Crippen LogP contribution < -0.4 is 4.74 Å². The molecular formula is C12H11NO. The van der Waals surface area contributed by atoms with Gasteiger partial charge in [-0.25, -0.2) is 4.85 Å². The van der Waals surface area contributed by atoms with Crippen molar-refractivity contribution >= 4 is 11.8 Å². The fourth-order valence-corrected chi connectivity index (χ4v) is 1.43. The largest absolute Gasteiger partial charge is 0.484 e. The van der Waals surface area contributed by atoms with E-state index in [1.807, 2.05) is 32.1 Å². The van der Waals surface area contributed by atoms with Crippen LogP contribution in [-0.2, 0) is 0 Å². The summed E-state index contributed by atoms with van der Waals surface area (Å²) in [5, 5.41) is 0. The fourth-order valence-electron chi connectivity index (χ4n) is 1.43. The average Bonchev–Trinajstić information content (AvgIpc) is 2.15. The lowest BCUT2D eigenvalue weighted by atomic mass is 10.0. The smallest absolute Gasteiger partial charge is 0.190 e. The Bertz CT molecular complexity index is 438. The van der Waals surface area contributed by atoms with E-state index in [2.05, 4.69) is 4.85 Å². The monoisotopic (exact) mass is 185 g/mol. The van der Waals surface area contributed by atoms with Gasteiger partial charge in [-0.3, -0.25) is 0 Å². The molecule has 0 atom stereocenters. The molecule has 0 fully saturated rings. The minimum absolute atomic E-state index is 0.270. The number of rotatable bonds is 0. The molecule has 1 aliphatic rings. The maximum Gasteiger partial charge on any atom is 0.190 e. The lowest BCUT2D eigenvalue weighted by Gasteiger charge is -2.27. The molecule has 1 aromatic rings. The van der Waals surface area contributed by atoms with E-state index in [1.165, 1.54) is 0 Å². The van der Waals surface area contributed by atoms with Crippen LogP contribution in [-0.4, -0.2) is 5.60 Å². The molecule has 0 bridgehead atoms. The Kier molecular flexibility index (Phi) is 1.82. The molecule has 2 nitrogen and oxygen atoms in total. The first-order valence-corrected chi connectivity index (χ1v) is 4.50. The minimum Gasteiger partial charge on any atom is -0.484 e. The van der Waals surface area contributed by atoms with Gasteiger partial charge in [-0.05, 0) is 26.0 Å². The van der Waals surface area contributed by atoms with Crippen molar-refractivity contribution in [2.24, 2.45) is 0 Å². The molecule has 0 amide bonds. The fraction of sp³-hybridized carbons (Fsp3) is 0.250. The third kappa shape index (κ3) is 1.49. The highest BCUT2D eigenvalue weighted by atomic mass is 16.5. The van der Waals surface area contributed by atoms with Crippen molar-refractivity contribution < 1.29 is 4.74 Å². The summed E-state index contributed by atoms with van der Waals surface area (Å²) in [4.78, 5) is 3.37. The molecule has 2 heteroatoms. The molecule has 0 aliphatic carbocycles. The molecule has 1 aliphatic heterocycles. The van der Waals surface area contributed by atoms with Gasteiger partial charge >= 0.3 is 0 Å². The number of hydrogen-bond acceptors (Lipinski definition) is 1. The van der Waals surface area contributed by atoms with Crippen molar-refractivity contribution in [3.63, 3.8) is 0 Å². The van der Waals surface area contributed by atoms with Crippen LogP contribution in [0.2, 0.25) is 0 Å². The van der Waals surface area contributed by atoms with E-state index in [4.69, 9.17) is 11.3 Å². The molecule has 0 spiro atoms. The van der Waals surface area contributed by atoms with Crippen molar-refractivity contribution in [1.29, 1.82) is 0 Å². The summed E-state index contributed by atoms with van der Waals surface area (Å²) in [6.07, 6.45) is 4.05. The van der Waals surface area contributed by atoms with Crippen LogP contribution in [0.5, 0.6) is 5.75 Å². The van der Waals surface area contributed by atoms with Gasteiger partial charge in [0.2, 0.25) is 0 Å². The van der Waals surface area contributed by atoms with E-state index in [9.17, 15) is 0 Å². The van der Waals surface area contributed by atoms with Crippen molar-refractivity contribution in [2.45, 2.75) is 19.4 Å². The number of benzene rings is 1. The minimum atomic E-state index is -0.270. The van der Waals surface area contributed by atoms with Crippen molar-refractivity contribution in [3.8, 4) is 5.75 Å². The second-order valence-electron chi connectivity index (χ2n) is 3.87. The van der Waals surface area contributed by atoms with E-state index in [-0.39, 0.29) is 5.60 Å². The molecule has 14 heavy (non-hydrogen) atoms. The van der Waals surface area contributed by atoms with Crippen LogP contribution in [0.3, 0.4) is 0 Å². The van der Waals surface area contributed by atoms with Crippen molar-refractivity contribution in [2.75, 3.05) is 0 Å². The van der Waals surface area contributed by atoms with Gasteiger partial charge in [0, 0.05) is 5.56 Å². The predicted molar refractivity (Wildman–Crippen MR) is 56.4 cm³/mol. The summed E-state index contributed by atoms with van der Waals surface area (Å²) in [5.74, 6) is 0.797. The molecule has 0 unspecified atom stereocenters. The summed E-state index contributed by atoms with van der Waals surface area (Å²) in [7, 11) is 0. The maximum absolute atomic E-state index is 6.91. The summed E-state index contributed by atoms with van der Waals surface area (Å²) < 4.78 is 5.73. The summed E-state index contributed by atoms with van der Waals surface area (Å²) >= 11 is 0. The summed E-state index contributed by atoms with van der Waals surface area (Å²) in [5.41, 5.74) is 1.39. The molecule has 70 valence electrons. The highest BCUT2D eigenvalue weighted by molar-refractivity contribution is 5.65. The molecule has 1 heterocycles. The van der Waals surface area contributed by atoms with E-state index < -0.39 is 0 Å². The molecule has 0 N–H and O–H groups in total. The number of hydrogen-bond donors (Lipinski definition) is 0. The first-order chi connectivity index (χ1) is 6.61. The van der Waals surface area contributed by atoms with Crippen LogP contribution >= 0.6 is 0 Å². The van der Waals surface area contributed by atoms with E-state index in [0.29, 0.717) is 5.69 Å². The highest BCUT2D eigenvalue weighted by Crippen LogP contribution is 2.33. The Hall–Kier alpha value is -1.75. The van der Waals surface area contributed by atoms with E-state index >= 15 is 0 Å². The third-order valence-electron chi connectivity index (χ3n) is 2.16. The van der Waals surface area contributed by atoms with Gasteiger partial charge in [0.1, 0.15) is 11.4 Å². The first kappa shape index (κ1) is 8.83. The Morgan fingerprint density at radius 1 is 1.36 bits per heavy atom. The number of nitrogens with zero attached hydrogens (tertiary/aromatic N) is 1. The Morgan fingerprint density at radius 2 is 2.14 bits per heavy atom. The van der Waals surface area contributed by atoms with Crippen LogP contribution in [0.1, 0.15) is 19.4 Å². The highest BCUT2D eigenvalue weighted by Gasteiger charge is 2.21. The van der Waals surface area contributed by atoms with Gasteiger partial charge in [-0.2, -0.15) is 0 Å². The van der Waals surface area contributed by atoms with Crippen LogP contribution in [0.25, 0.3) is 10.9 Å². The Morgan fingerprint density at radius 3 is 2.86 bits per heavy atom. The lowest BCUT2D eigenvalue weighted by Crippen LogP contribution is -2.27. The van der Waals surface area contributed by atoms with Gasteiger partial charge in [0.25, 0.3) is 0 Å². The molecule has 0 saturated heterocycles. The van der Waals surface area contributed by atoms with Crippen LogP contribution in [0.4, 0.5) is 5.69 Å². The molecular weight excluding hydrogens is 174 g/mol. The summed E-state index contributed by atoms with van der Waals surface area (Å²) in [6.45, 7) is 10.9. The second kappa shape index (κ2) is 2.88. The molecule has 0 saturated carbocycles. The molecule has 2 rings (SSSR count). The second-order valence-corrected chi connectivity index (χ2v) is 3.87. The zero-order chi connectivity index (χ0) is 10.2. The SMILES string of the molecule is [C-]#[N+]c1ccc2c(c1)OC(C)(C)C=C2. The topological polar surface area (TPSA) is 13.6 Å². The van der Waals surface area contributed by atoms with Crippen LogP contribution in [0.15, 0.2) is 24.3 Å². The number of fused-ring (bicyclic) bond motifs is 1. The van der Waals surface area contributed by atoms with Crippen molar-refractivity contribution in [1.82, 2.24) is 0 Å². The van der Waals surface area contributed by atoms with E-state index in [1.54, 1.807) is 12.1 Å². The maximum atomic E-state index is 6.91.